The number of nitrogen functional groups attached to an aromatic ring is 1. The lowest BCUT2D eigenvalue weighted by molar-refractivity contribution is -0.384. The second kappa shape index (κ2) is 8.20. The SMILES string of the molecule is COCCn1c(Sc2c(N)c3cc([N+](=O)[O-])ccc3[nH]c2=O)nc2ccccc2c1=O. The molecule has 0 aliphatic heterocycles. The van der Waals surface area contributed by atoms with Crippen molar-refractivity contribution in [2.75, 3.05) is 19.5 Å². The zero-order valence-electron chi connectivity index (χ0n) is 16.3. The monoisotopic (exact) mass is 439 g/mol. The van der Waals surface area contributed by atoms with Gasteiger partial charge in [0.05, 0.1) is 40.2 Å². The van der Waals surface area contributed by atoms with Crippen molar-refractivity contribution in [1.82, 2.24) is 14.5 Å². The largest absolute Gasteiger partial charge is 0.397 e. The maximum atomic E-state index is 13.0. The summed E-state index contributed by atoms with van der Waals surface area (Å²) >= 11 is 0.934. The lowest BCUT2D eigenvalue weighted by atomic mass is 10.1. The molecule has 0 saturated heterocycles. The topological polar surface area (TPSA) is 146 Å². The zero-order chi connectivity index (χ0) is 22.1. The van der Waals surface area contributed by atoms with Gasteiger partial charge in [-0.25, -0.2) is 4.98 Å². The number of hydrogen-bond donors (Lipinski definition) is 2. The highest BCUT2D eigenvalue weighted by Crippen LogP contribution is 2.33. The molecule has 2 aromatic carbocycles. The van der Waals surface area contributed by atoms with Gasteiger partial charge in [0.15, 0.2) is 5.16 Å². The number of aromatic nitrogens is 3. The Balaban J connectivity index is 1.91. The normalized spacial score (nSPS) is 11.3. The van der Waals surface area contributed by atoms with Crippen molar-refractivity contribution >= 4 is 44.9 Å². The maximum absolute atomic E-state index is 13.0. The number of aromatic amines is 1. The van der Waals surface area contributed by atoms with Crippen LogP contribution in [-0.2, 0) is 11.3 Å². The Bertz CT molecular complexity index is 1450. The average Bonchev–Trinajstić information content (AvgIpc) is 2.76. The molecular weight excluding hydrogens is 422 g/mol. The van der Waals surface area contributed by atoms with Gasteiger partial charge in [-0.05, 0) is 30.0 Å². The van der Waals surface area contributed by atoms with Gasteiger partial charge in [-0.2, -0.15) is 0 Å². The number of nitrogens with zero attached hydrogens (tertiary/aromatic N) is 3. The second-order valence-corrected chi connectivity index (χ2v) is 7.62. The molecule has 0 radical (unpaired) electrons. The van der Waals surface area contributed by atoms with Gasteiger partial charge < -0.3 is 15.5 Å². The minimum Gasteiger partial charge on any atom is -0.397 e. The number of para-hydroxylation sites is 1. The van der Waals surface area contributed by atoms with Gasteiger partial charge in [0.25, 0.3) is 16.8 Å². The molecule has 0 aliphatic rings. The van der Waals surface area contributed by atoms with Crippen LogP contribution in [0.3, 0.4) is 0 Å². The van der Waals surface area contributed by atoms with E-state index in [9.17, 15) is 19.7 Å². The Morgan fingerprint density at radius 2 is 2.00 bits per heavy atom. The summed E-state index contributed by atoms with van der Waals surface area (Å²) in [6.07, 6.45) is 0. The number of nitro benzene ring substituents is 1. The third-order valence-electron chi connectivity index (χ3n) is 4.74. The minimum absolute atomic E-state index is 0.0770. The average molecular weight is 439 g/mol. The number of benzene rings is 2. The predicted molar refractivity (Wildman–Crippen MR) is 118 cm³/mol. The number of nitrogens with two attached hydrogens (primary N) is 1. The first kappa shape index (κ1) is 20.6. The quantitative estimate of drug-likeness (QED) is 0.265. The molecule has 0 spiro atoms. The van der Waals surface area contributed by atoms with Crippen LogP contribution in [0.4, 0.5) is 11.4 Å². The van der Waals surface area contributed by atoms with Crippen LogP contribution < -0.4 is 16.9 Å². The molecule has 11 heteroatoms. The fourth-order valence-corrected chi connectivity index (χ4v) is 4.17. The van der Waals surface area contributed by atoms with E-state index in [-0.39, 0.29) is 40.1 Å². The van der Waals surface area contributed by atoms with Gasteiger partial charge in [-0.1, -0.05) is 12.1 Å². The first-order valence-electron chi connectivity index (χ1n) is 9.17. The van der Waals surface area contributed by atoms with Gasteiger partial charge in [0, 0.05) is 24.6 Å². The van der Waals surface area contributed by atoms with E-state index in [1.165, 1.54) is 29.9 Å². The number of anilines is 1. The molecule has 3 N–H and O–H groups in total. The number of methoxy groups -OCH3 is 1. The lowest BCUT2D eigenvalue weighted by Crippen LogP contribution is -2.25. The van der Waals surface area contributed by atoms with Crippen LogP contribution in [0.2, 0.25) is 0 Å². The number of fused-ring (bicyclic) bond motifs is 2. The van der Waals surface area contributed by atoms with Crippen LogP contribution in [0.15, 0.2) is 62.1 Å². The summed E-state index contributed by atoms with van der Waals surface area (Å²) in [7, 11) is 1.52. The molecular formula is C20H17N5O5S. The smallest absolute Gasteiger partial charge is 0.270 e. The minimum atomic E-state index is -0.538. The first-order valence-corrected chi connectivity index (χ1v) is 9.98. The Kier molecular flexibility index (Phi) is 5.44. The molecule has 0 bridgehead atoms. The maximum Gasteiger partial charge on any atom is 0.270 e. The van der Waals surface area contributed by atoms with E-state index in [0.717, 1.165) is 11.8 Å². The number of non-ortho nitro benzene ring substituents is 1. The van der Waals surface area contributed by atoms with Crippen molar-refractivity contribution in [3.63, 3.8) is 0 Å². The van der Waals surface area contributed by atoms with Crippen molar-refractivity contribution in [1.29, 1.82) is 0 Å². The lowest BCUT2D eigenvalue weighted by Gasteiger charge is -2.14. The molecule has 2 aromatic heterocycles. The summed E-state index contributed by atoms with van der Waals surface area (Å²) in [4.78, 5) is 43.7. The van der Waals surface area contributed by atoms with Crippen LogP contribution in [0.5, 0.6) is 0 Å². The van der Waals surface area contributed by atoms with Gasteiger partial charge >= 0.3 is 0 Å². The van der Waals surface area contributed by atoms with Gasteiger partial charge in [0.1, 0.15) is 4.90 Å². The van der Waals surface area contributed by atoms with Crippen molar-refractivity contribution in [2.24, 2.45) is 0 Å². The summed E-state index contributed by atoms with van der Waals surface area (Å²) in [5, 5.41) is 12.2. The van der Waals surface area contributed by atoms with E-state index in [1.54, 1.807) is 24.3 Å². The summed E-state index contributed by atoms with van der Waals surface area (Å²) in [6.45, 7) is 0.496. The molecule has 31 heavy (non-hydrogen) atoms. The van der Waals surface area contributed by atoms with E-state index in [0.29, 0.717) is 21.8 Å². The Morgan fingerprint density at radius 1 is 1.23 bits per heavy atom. The van der Waals surface area contributed by atoms with E-state index in [4.69, 9.17) is 10.5 Å². The second-order valence-electron chi connectivity index (χ2n) is 6.65. The number of nitro groups is 1. The molecule has 2 heterocycles. The summed E-state index contributed by atoms with van der Waals surface area (Å²) in [5.74, 6) is 0. The van der Waals surface area contributed by atoms with Crippen LogP contribution >= 0.6 is 11.8 Å². The molecule has 0 fully saturated rings. The number of ether oxygens (including phenoxy) is 1. The number of H-pyrrole nitrogens is 1. The summed E-state index contributed by atoms with van der Waals surface area (Å²) in [6, 6.07) is 10.9. The number of nitrogens with one attached hydrogen (secondary N) is 1. The number of hydrogen-bond acceptors (Lipinski definition) is 8. The molecule has 0 atom stereocenters. The zero-order valence-corrected chi connectivity index (χ0v) is 17.1. The molecule has 4 rings (SSSR count). The van der Waals surface area contributed by atoms with Gasteiger partial charge in [-0.3, -0.25) is 24.3 Å². The van der Waals surface area contributed by atoms with E-state index >= 15 is 0 Å². The molecule has 0 aliphatic carbocycles. The van der Waals surface area contributed by atoms with Crippen molar-refractivity contribution in [2.45, 2.75) is 16.6 Å². The van der Waals surface area contributed by atoms with Crippen molar-refractivity contribution in [3.05, 3.63) is 73.3 Å². The third kappa shape index (κ3) is 3.76. The first-order chi connectivity index (χ1) is 14.9. The van der Waals surface area contributed by atoms with Crippen LogP contribution in [0.1, 0.15) is 0 Å². The summed E-state index contributed by atoms with van der Waals surface area (Å²) in [5.41, 5.74) is 6.27. The van der Waals surface area contributed by atoms with Gasteiger partial charge in [0.2, 0.25) is 0 Å². The fraction of sp³-hybridized carbons (Fsp3) is 0.150. The van der Waals surface area contributed by atoms with E-state index in [1.807, 2.05) is 0 Å². The molecule has 4 aromatic rings. The van der Waals surface area contributed by atoms with Crippen LogP contribution in [0.25, 0.3) is 21.8 Å². The Hall–Kier alpha value is -3.70. The molecule has 158 valence electrons. The van der Waals surface area contributed by atoms with E-state index in [2.05, 4.69) is 9.97 Å². The van der Waals surface area contributed by atoms with Crippen LogP contribution in [-0.4, -0.2) is 33.2 Å². The molecule has 10 nitrogen and oxygen atoms in total. The van der Waals surface area contributed by atoms with Crippen molar-refractivity contribution in [3.8, 4) is 0 Å². The molecule has 0 amide bonds. The van der Waals surface area contributed by atoms with Crippen LogP contribution in [0, 0.1) is 10.1 Å². The summed E-state index contributed by atoms with van der Waals surface area (Å²) < 4.78 is 6.53. The predicted octanol–water partition coefficient (Wildman–Crippen LogP) is 2.53. The highest BCUT2D eigenvalue weighted by Gasteiger charge is 2.19. The Labute approximate surface area is 178 Å². The van der Waals surface area contributed by atoms with Crippen molar-refractivity contribution < 1.29 is 9.66 Å². The number of rotatable bonds is 6. The third-order valence-corrected chi connectivity index (χ3v) is 5.85. The highest BCUT2D eigenvalue weighted by atomic mass is 32.2. The number of pyridine rings is 1. The molecule has 0 saturated carbocycles. The molecule has 0 unspecified atom stereocenters. The fourth-order valence-electron chi connectivity index (χ4n) is 3.20. The Morgan fingerprint density at radius 3 is 2.74 bits per heavy atom. The van der Waals surface area contributed by atoms with Gasteiger partial charge in [-0.15, -0.1) is 0 Å². The van der Waals surface area contributed by atoms with E-state index < -0.39 is 10.5 Å². The standard InChI is InChI=1S/C20H17N5O5S/c1-30-9-8-24-19(27)12-4-2-3-5-14(12)23-20(24)31-17-16(21)13-10-11(25(28)29)6-7-15(13)22-18(17)26/h2-7,10H,8-9H2,1H3,(H3,21,22,26). The highest BCUT2D eigenvalue weighted by molar-refractivity contribution is 7.99.